The van der Waals surface area contributed by atoms with Gasteiger partial charge in [0.05, 0.1) is 14.2 Å². The molecule has 0 amide bonds. The van der Waals surface area contributed by atoms with Crippen LogP contribution in [0.4, 0.5) is 0 Å². The topological polar surface area (TPSA) is 36.4 Å². The number of ether oxygens (including phenoxy) is 1. The van der Waals surface area contributed by atoms with Crippen LogP contribution in [0, 0.1) is 4.77 Å². The van der Waals surface area contributed by atoms with Crippen molar-refractivity contribution >= 4 is 23.0 Å². The molecule has 0 bridgehead atoms. The maximum atomic E-state index is 5.58. The molecule has 1 atom stereocenters. The molecule has 0 radical (unpaired) electrons. The number of hydrogen-bond donors (Lipinski definition) is 1. The van der Waals surface area contributed by atoms with Gasteiger partial charge in [-0.25, -0.2) is 0 Å². The highest BCUT2D eigenvalue weighted by molar-refractivity contribution is 7.71. The van der Waals surface area contributed by atoms with Crippen LogP contribution in [0.15, 0.2) is 42.7 Å². The molecule has 1 N–H and O–H groups in total. The molecule has 5 nitrogen and oxygen atoms in total. The maximum Gasteiger partial charge on any atom is 0.202 e. The molecular formula is C21H29N4OS+. The number of nitrogens with zero attached hydrogens (tertiary/aromatic N) is 3. The number of unbranched alkanes of at least 4 members (excludes halogenated alkanes) is 2. The molecule has 1 aromatic heterocycles. The summed E-state index contributed by atoms with van der Waals surface area (Å²) in [6.45, 7) is 4.86. The van der Waals surface area contributed by atoms with E-state index in [0.717, 1.165) is 36.7 Å². The fourth-order valence-electron chi connectivity index (χ4n) is 3.34. The van der Waals surface area contributed by atoms with E-state index in [0.29, 0.717) is 0 Å². The summed E-state index contributed by atoms with van der Waals surface area (Å²) in [6, 6.07) is 12.8. The number of hydrogen-bond acceptors (Lipinski definition) is 3. The Hall–Kier alpha value is -2.18. The molecule has 144 valence electrons. The summed E-state index contributed by atoms with van der Waals surface area (Å²) < 4.78 is 10.1. The third-order valence-corrected chi connectivity index (χ3v) is 5.28. The first-order chi connectivity index (χ1) is 13.1. The Bertz CT molecular complexity index is 947. The van der Waals surface area contributed by atoms with Crippen molar-refractivity contribution in [3.05, 3.63) is 53.1 Å². The van der Waals surface area contributed by atoms with Crippen LogP contribution in [0.1, 0.15) is 31.7 Å². The molecule has 0 saturated heterocycles. The summed E-state index contributed by atoms with van der Waals surface area (Å²) in [5.74, 6) is 0.891. The lowest BCUT2D eigenvalue weighted by Gasteiger charge is -2.14. The fraction of sp³-hybridized carbons (Fsp3) is 0.429. The highest BCUT2D eigenvalue weighted by atomic mass is 32.1. The zero-order valence-corrected chi connectivity index (χ0v) is 17.3. The van der Waals surface area contributed by atoms with Crippen molar-refractivity contribution in [1.29, 1.82) is 0 Å². The normalized spacial score (nSPS) is 12.4. The minimum absolute atomic E-state index is 0.764. The van der Waals surface area contributed by atoms with Crippen LogP contribution in [0.3, 0.4) is 0 Å². The third kappa shape index (κ3) is 4.96. The Balaban J connectivity index is 1.64. The van der Waals surface area contributed by atoms with Crippen molar-refractivity contribution in [2.45, 2.75) is 45.9 Å². The maximum absolute atomic E-state index is 5.58. The lowest BCUT2D eigenvalue weighted by Crippen LogP contribution is -3.07. The van der Waals surface area contributed by atoms with Crippen LogP contribution in [0.25, 0.3) is 10.8 Å². The minimum Gasteiger partial charge on any atom is -0.497 e. The molecule has 0 aliphatic rings. The van der Waals surface area contributed by atoms with E-state index in [1.165, 1.54) is 34.1 Å². The third-order valence-electron chi connectivity index (χ3n) is 4.84. The zero-order valence-electron chi connectivity index (χ0n) is 16.4. The van der Waals surface area contributed by atoms with Crippen molar-refractivity contribution in [3.8, 4) is 5.75 Å². The van der Waals surface area contributed by atoms with Gasteiger partial charge in [-0.3, -0.25) is 0 Å². The van der Waals surface area contributed by atoms with Crippen molar-refractivity contribution in [2.24, 2.45) is 0 Å². The largest absolute Gasteiger partial charge is 0.497 e. The molecule has 0 fully saturated rings. The summed E-state index contributed by atoms with van der Waals surface area (Å²) >= 11 is 5.58. The monoisotopic (exact) mass is 385 g/mol. The molecule has 3 aromatic rings. The van der Waals surface area contributed by atoms with Crippen LogP contribution in [-0.4, -0.2) is 28.5 Å². The Morgan fingerprint density at radius 1 is 1.11 bits per heavy atom. The summed E-state index contributed by atoms with van der Waals surface area (Å²) in [4.78, 5) is 1.35. The van der Waals surface area contributed by atoms with Crippen LogP contribution < -0.4 is 9.64 Å². The van der Waals surface area contributed by atoms with Crippen molar-refractivity contribution in [2.75, 3.05) is 14.2 Å². The van der Waals surface area contributed by atoms with Gasteiger partial charge >= 0.3 is 0 Å². The SMILES string of the molecule is CCCCCn1cnn(C[NH+](C)Cc2ccc3cc(OC)ccc3c2)c1=S. The van der Waals surface area contributed by atoms with Gasteiger partial charge < -0.3 is 14.2 Å². The number of nitrogens with one attached hydrogen (secondary N) is 1. The Morgan fingerprint density at radius 3 is 2.67 bits per heavy atom. The second kappa shape index (κ2) is 9.15. The number of methoxy groups -OCH3 is 1. The lowest BCUT2D eigenvalue weighted by atomic mass is 10.1. The summed E-state index contributed by atoms with van der Waals surface area (Å²) in [7, 11) is 3.88. The van der Waals surface area contributed by atoms with Gasteiger partial charge in [-0.05, 0) is 47.6 Å². The lowest BCUT2D eigenvalue weighted by molar-refractivity contribution is -0.917. The van der Waals surface area contributed by atoms with E-state index in [9.17, 15) is 0 Å². The van der Waals surface area contributed by atoms with Gasteiger partial charge in [0.15, 0.2) is 6.67 Å². The highest BCUT2D eigenvalue weighted by Gasteiger charge is 2.09. The van der Waals surface area contributed by atoms with Gasteiger partial charge in [-0.2, -0.15) is 9.78 Å². The molecule has 0 aliphatic heterocycles. The first kappa shape index (κ1) is 19.6. The van der Waals surface area contributed by atoms with Crippen molar-refractivity contribution in [1.82, 2.24) is 14.3 Å². The number of rotatable bonds is 9. The predicted molar refractivity (Wildman–Crippen MR) is 112 cm³/mol. The van der Waals surface area contributed by atoms with Gasteiger partial charge in [0.2, 0.25) is 4.77 Å². The standard InChI is InChI=1S/C21H28N4OS/c1-4-5-6-11-24-15-22-25(21(24)27)16-23(2)14-17-7-8-19-13-20(26-3)10-9-18(19)12-17/h7-10,12-13,15H,4-6,11,14,16H2,1-3H3/p+1. The van der Waals surface area contributed by atoms with Crippen LogP contribution >= 0.6 is 12.2 Å². The van der Waals surface area contributed by atoms with Gasteiger partial charge in [0.1, 0.15) is 18.6 Å². The number of aryl methyl sites for hydroxylation is 1. The molecule has 0 spiro atoms. The number of aromatic nitrogens is 3. The second-order valence-corrected chi connectivity index (χ2v) is 7.52. The average Bonchev–Trinajstić information content (AvgIpc) is 3.01. The molecule has 6 heteroatoms. The highest BCUT2D eigenvalue weighted by Crippen LogP contribution is 2.21. The molecule has 3 rings (SSSR count). The Morgan fingerprint density at radius 2 is 1.89 bits per heavy atom. The summed E-state index contributed by atoms with van der Waals surface area (Å²) in [5, 5.41) is 6.92. The van der Waals surface area contributed by atoms with E-state index < -0.39 is 0 Å². The Kier molecular flexibility index (Phi) is 6.63. The van der Waals surface area contributed by atoms with E-state index in [2.05, 4.69) is 54.0 Å². The molecule has 2 aromatic carbocycles. The van der Waals surface area contributed by atoms with Gasteiger partial charge in [-0.1, -0.05) is 38.0 Å². The summed E-state index contributed by atoms with van der Waals surface area (Å²) in [5.41, 5.74) is 1.30. The average molecular weight is 386 g/mol. The quantitative estimate of drug-likeness (QED) is 0.453. The van der Waals surface area contributed by atoms with Gasteiger partial charge in [0.25, 0.3) is 0 Å². The smallest absolute Gasteiger partial charge is 0.202 e. The number of fused-ring (bicyclic) bond motifs is 1. The van der Waals surface area contributed by atoms with E-state index in [1.807, 2.05) is 17.1 Å². The molecule has 0 aliphatic carbocycles. The molecule has 1 heterocycles. The zero-order chi connectivity index (χ0) is 19.2. The molecular weight excluding hydrogens is 356 g/mol. The van der Waals surface area contributed by atoms with E-state index >= 15 is 0 Å². The second-order valence-electron chi connectivity index (χ2n) is 7.15. The van der Waals surface area contributed by atoms with Gasteiger partial charge in [-0.15, -0.1) is 0 Å². The Labute approximate surface area is 166 Å². The van der Waals surface area contributed by atoms with E-state index in [1.54, 1.807) is 7.11 Å². The van der Waals surface area contributed by atoms with Crippen molar-refractivity contribution < 1.29 is 9.64 Å². The van der Waals surface area contributed by atoms with Crippen LogP contribution in [0.2, 0.25) is 0 Å². The van der Waals surface area contributed by atoms with Crippen molar-refractivity contribution in [3.63, 3.8) is 0 Å². The predicted octanol–water partition coefficient (Wildman–Crippen LogP) is 3.44. The molecule has 1 unspecified atom stereocenters. The minimum atomic E-state index is 0.764. The van der Waals surface area contributed by atoms with E-state index in [-0.39, 0.29) is 0 Å². The van der Waals surface area contributed by atoms with Gasteiger partial charge in [0, 0.05) is 12.1 Å². The molecule has 27 heavy (non-hydrogen) atoms. The molecule has 0 saturated carbocycles. The van der Waals surface area contributed by atoms with Crippen LogP contribution in [-0.2, 0) is 19.8 Å². The summed E-state index contributed by atoms with van der Waals surface area (Å²) in [6.07, 6.45) is 5.47. The number of benzene rings is 2. The van der Waals surface area contributed by atoms with E-state index in [4.69, 9.17) is 17.0 Å². The first-order valence-corrected chi connectivity index (χ1v) is 10.0. The fourth-order valence-corrected chi connectivity index (χ4v) is 3.59. The number of quaternary nitrogens is 1. The first-order valence-electron chi connectivity index (χ1n) is 9.61. The van der Waals surface area contributed by atoms with Crippen LogP contribution in [0.5, 0.6) is 5.75 Å².